The van der Waals surface area contributed by atoms with Crippen LogP contribution in [0.1, 0.15) is 0 Å². The molecule has 1 saturated heterocycles. The highest BCUT2D eigenvalue weighted by atomic mass is 35.5. The van der Waals surface area contributed by atoms with Gasteiger partial charge >= 0.3 is 0 Å². The van der Waals surface area contributed by atoms with E-state index < -0.39 is 0 Å². The van der Waals surface area contributed by atoms with Crippen molar-refractivity contribution in [3.63, 3.8) is 0 Å². The van der Waals surface area contributed by atoms with Gasteiger partial charge in [0.05, 0.1) is 17.8 Å². The first-order valence-electron chi connectivity index (χ1n) is 10.0. The number of piperazine rings is 1. The Balaban J connectivity index is 1.30. The minimum absolute atomic E-state index is 0.000491. The molecule has 4 rings (SSSR count). The van der Waals surface area contributed by atoms with Gasteiger partial charge in [-0.3, -0.25) is 4.79 Å². The summed E-state index contributed by atoms with van der Waals surface area (Å²) in [6, 6.07) is 18.6. The largest absolute Gasteiger partial charge is 0.497 e. The molecule has 8 heteroatoms. The van der Waals surface area contributed by atoms with Crippen LogP contribution < -0.4 is 14.4 Å². The van der Waals surface area contributed by atoms with Crippen LogP contribution in [0.5, 0.6) is 11.5 Å². The lowest BCUT2D eigenvalue weighted by atomic mass is 10.1. The molecule has 31 heavy (non-hydrogen) atoms. The number of methoxy groups -OCH3 is 1. The fraction of sp³-hybridized carbons (Fsp3) is 0.261. The minimum atomic E-state index is -0.0392. The lowest BCUT2D eigenvalue weighted by Crippen LogP contribution is -2.50. The molecule has 0 aliphatic carbocycles. The zero-order valence-corrected chi connectivity index (χ0v) is 18.0. The average Bonchev–Trinajstić information content (AvgIpc) is 2.83. The number of aromatic nitrogens is 2. The Morgan fingerprint density at radius 2 is 1.74 bits per heavy atom. The van der Waals surface area contributed by atoms with E-state index in [1.807, 2.05) is 53.4 Å². The number of amides is 1. The number of ether oxygens (including phenoxy) is 2. The van der Waals surface area contributed by atoms with Crippen molar-refractivity contribution in [2.24, 2.45) is 0 Å². The number of carbonyl (C=O) groups excluding carboxylic acids is 1. The van der Waals surface area contributed by atoms with Gasteiger partial charge in [-0.1, -0.05) is 35.9 Å². The molecule has 3 aromatic rings. The Bertz CT molecular complexity index is 1040. The summed E-state index contributed by atoms with van der Waals surface area (Å²) < 4.78 is 10.8. The van der Waals surface area contributed by atoms with Crippen molar-refractivity contribution in [2.45, 2.75) is 0 Å². The maximum absolute atomic E-state index is 12.5. The van der Waals surface area contributed by atoms with Gasteiger partial charge in [0.15, 0.2) is 12.4 Å². The number of anilines is 1. The summed E-state index contributed by atoms with van der Waals surface area (Å²) >= 11 is 6.24. The van der Waals surface area contributed by atoms with Gasteiger partial charge in [0, 0.05) is 37.8 Å². The summed E-state index contributed by atoms with van der Waals surface area (Å²) in [5, 5.41) is 9.33. The monoisotopic (exact) mass is 438 g/mol. The third-order valence-corrected chi connectivity index (χ3v) is 5.49. The second-order valence-electron chi connectivity index (χ2n) is 7.09. The smallest absolute Gasteiger partial charge is 0.260 e. The molecule has 0 radical (unpaired) electrons. The number of nitrogens with zero attached hydrogens (tertiary/aromatic N) is 4. The summed E-state index contributed by atoms with van der Waals surface area (Å²) in [4.78, 5) is 16.4. The summed E-state index contributed by atoms with van der Waals surface area (Å²) in [5.41, 5.74) is 1.59. The molecule has 2 aromatic carbocycles. The number of hydrogen-bond acceptors (Lipinski definition) is 6. The molecular formula is C23H23ClN4O3. The normalized spacial score (nSPS) is 13.7. The van der Waals surface area contributed by atoms with Crippen LogP contribution in [0.15, 0.2) is 60.7 Å². The van der Waals surface area contributed by atoms with Crippen molar-refractivity contribution in [1.82, 2.24) is 15.1 Å². The van der Waals surface area contributed by atoms with E-state index in [-0.39, 0.29) is 12.5 Å². The Morgan fingerprint density at radius 3 is 2.45 bits per heavy atom. The molecule has 0 atom stereocenters. The molecule has 0 saturated carbocycles. The average molecular weight is 439 g/mol. The third-order valence-electron chi connectivity index (χ3n) is 5.16. The summed E-state index contributed by atoms with van der Waals surface area (Å²) in [7, 11) is 1.60. The number of rotatable bonds is 6. The van der Waals surface area contributed by atoms with E-state index >= 15 is 0 Å². The third kappa shape index (κ3) is 5.06. The standard InChI is InChI=1S/C23H23ClN4O3/c1-30-17-5-4-6-18(15-17)31-16-23(29)28-13-11-27(12-14-28)22-10-9-21(25-26-22)19-7-2-3-8-20(19)24/h2-10,15H,11-14,16H2,1H3. The van der Waals surface area contributed by atoms with Gasteiger partial charge < -0.3 is 19.3 Å². The molecule has 0 spiro atoms. The number of hydrogen-bond donors (Lipinski definition) is 0. The van der Waals surface area contributed by atoms with E-state index in [0.717, 1.165) is 17.1 Å². The molecule has 1 aromatic heterocycles. The van der Waals surface area contributed by atoms with Crippen LogP contribution in [-0.4, -0.2) is 60.9 Å². The zero-order valence-electron chi connectivity index (χ0n) is 17.2. The fourth-order valence-corrected chi connectivity index (χ4v) is 3.65. The maximum atomic E-state index is 12.5. The van der Waals surface area contributed by atoms with Crippen LogP contribution in [-0.2, 0) is 4.79 Å². The summed E-state index contributed by atoms with van der Waals surface area (Å²) in [6.07, 6.45) is 0. The van der Waals surface area contributed by atoms with Crippen molar-refractivity contribution < 1.29 is 14.3 Å². The van der Waals surface area contributed by atoms with Gasteiger partial charge in [-0.15, -0.1) is 10.2 Å². The maximum Gasteiger partial charge on any atom is 0.260 e. The van der Waals surface area contributed by atoms with Gasteiger partial charge in [-0.25, -0.2) is 0 Å². The topological polar surface area (TPSA) is 67.8 Å². The van der Waals surface area contributed by atoms with Crippen LogP contribution >= 0.6 is 11.6 Å². The van der Waals surface area contributed by atoms with Crippen LogP contribution in [0.2, 0.25) is 5.02 Å². The Morgan fingerprint density at radius 1 is 0.968 bits per heavy atom. The van der Waals surface area contributed by atoms with Crippen molar-refractivity contribution in [1.29, 1.82) is 0 Å². The quantitative estimate of drug-likeness (QED) is 0.586. The zero-order chi connectivity index (χ0) is 21.6. The molecule has 1 fully saturated rings. The molecule has 160 valence electrons. The van der Waals surface area contributed by atoms with Crippen molar-refractivity contribution in [2.75, 3.05) is 44.8 Å². The molecule has 0 unspecified atom stereocenters. The van der Waals surface area contributed by atoms with E-state index in [9.17, 15) is 4.79 Å². The Kier molecular flexibility index (Phi) is 6.52. The van der Waals surface area contributed by atoms with Crippen LogP contribution in [0, 0.1) is 0 Å². The second-order valence-corrected chi connectivity index (χ2v) is 7.50. The molecule has 1 aliphatic heterocycles. The van der Waals surface area contributed by atoms with Crippen molar-refractivity contribution in [3.05, 3.63) is 65.7 Å². The van der Waals surface area contributed by atoms with Crippen LogP contribution in [0.3, 0.4) is 0 Å². The van der Waals surface area contributed by atoms with Gasteiger partial charge in [0.2, 0.25) is 0 Å². The highest BCUT2D eigenvalue weighted by Gasteiger charge is 2.22. The highest BCUT2D eigenvalue weighted by Crippen LogP contribution is 2.26. The second kappa shape index (κ2) is 9.66. The van der Waals surface area contributed by atoms with Crippen molar-refractivity contribution in [3.8, 4) is 22.8 Å². The van der Waals surface area contributed by atoms with Gasteiger partial charge in [-0.2, -0.15) is 0 Å². The van der Waals surface area contributed by atoms with E-state index in [1.165, 1.54) is 0 Å². The molecular weight excluding hydrogens is 416 g/mol. The van der Waals surface area contributed by atoms with Gasteiger partial charge in [-0.05, 0) is 30.3 Å². The fourth-order valence-electron chi connectivity index (χ4n) is 3.42. The first-order valence-corrected chi connectivity index (χ1v) is 10.4. The molecule has 1 amide bonds. The van der Waals surface area contributed by atoms with E-state index in [0.29, 0.717) is 42.7 Å². The molecule has 0 N–H and O–H groups in total. The summed E-state index contributed by atoms with van der Waals surface area (Å²) in [5.74, 6) is 2.05. The number of carbonyl (C=O) groups is 1. The van der Waals surface area contributed by atoms with Crippen molar-refractivity contribution >= 4 is 23.3 Å². The lowest BCUT2D eigenvalue weighted by Gasteiger charge is -2.35. The molecule has 2 heterocycles. The highest BCUT2D eigenvalue weighted by molar-refractivity contribution is 6.33. The van der Waals surface area contributed by atoms with Gasteiger partial charge in [0.25, 0.3) is 5.91 Å². The van der Waals surface area contributed by atoms with E-state index in [1.54, 1.807) is 19.2 Å². The Hall–Kier alpha value is -3.32. The lowest BCUT2D eigenvalue weighted by molar-refractivity contribution is -0.133. The Labute approximate surface area is 186 Å². The predicted molar refractivity (Wildman–Crippen MR) is 120 cm³/mol. The SMILES string of the molecule is COc1cccc(OCC(=O)N2CCN(c3ccc(-c4ccccc4Cl)nn3)CC2)c1. The first-order chi connectivity index (χ1) is 15.1. The molecule has 7 nitrogen and oxygen atoms in total. The number of halogens is 1. The summed E-state index contributed by atoms with van der Waals surface area (Å²) in [6.45, 7) is 2.58. The van der Waals surface area contributed by atoms with Crippen LogP contribution in [0.4, 0.5) is 5.82 Å². The molecule has 1 aliphatic rings. The number of benzene rings is 2. The minimum Gasteiger partial charge on any atom is -0.497 e. The van der Waals surface area contributed by atoms with Gasteiger partial charge in [0.1, 0.15) is 11.5 Å². The van der Waals surface area contributed by atoms with E-state index in [4.69, 9.17) is 21.1 Å². The van der Waals surface area contributed by atoms with E-state index in [2.05, 4.69) is 15.1 Å². The first kappa shape index (κ1) is 20.9. The predicted octanol–water partition coefficient (Wildman–Crippen LogP) is 3.53. The van der Waals surface area contributed by atoms with Crippen LogP contribution in [0.25, 0.3) is 11.3 Å². The molecule has 0 bridgehead atoms.